The minimum atomic E-state index is -0.819. The number of aromatic nitrogens is 2. The van der Waals surface area contributed by atoms with Crippen LogP contribution in [0.5, 0.6) is 0 Å². The monoisotopic (exact) mass is 348 g/mol. The molecule has 1 aliphatic heterocycles. The molecule has 0 radical (unpaired) electrons. The van der Waals surface area contributed by atoms with Gasteiger partial charge >= 0.3 is 0 Å². The highest BCUT2D eigenvalue weighted by molar-refractivity contribution is 5.76. The van der Waals surface area contributed by atoms with Crippen molar-refractivity contribution in [1.29, 1.82) is 0 Å². The van der Waals surface area contributed by atoms with Crippen molar-refractivity contribution < 1.29 is 13.6 Å². The van der Waals surface area contributed by atoms with Crippen LogP contribution in [0.15, 0.2) is 36.9 Å². The first-order valence-electron chi connectivity index (χ1n) is 8.51. The Kier molecular flexibility index (Phi) is 5.75. The molecule has 0 atom stereocenters. The van der Waals surface area contributed by atoms with Crippen molar-refractivity contribution in [3.63, 3.8) is 0 Å². The summed E-state index contributed by atoms with van der Waals surface area (Å²) in [5.41, 5.74) is 0.765. The molecule has 1 saturated heterocycles. The first kappa shape index (κ1) is 17.5. The van der Waals surface area contributed by atoms with Gasteiger partial charge in [0.25, 0.3) is 0 Å². The van der Waals surface area contributed by atoms with E-state index in [0.717, 1.165) is 37.6 Å². The number of likely N-dealkylation sites (tertiary alicyclic amines) is 1. The molecule has 2 heterocycles. The van der Waals surface area contributed by atoms with Crippen LogP contribution in [0.4, 0.5) is 8.78 Å². The third-order valence-corrected chi connectivity index (χ3v) is 4.50. The fraction of sp³-hybridized carbons (Fsp3) is 0.444. The minimum absolute atomic E-state index is 0.0488. The number of halogens is 2. The van der Waals surface area contributed by atoms with E-state index in [4.69, 9.17) is 0 Å². The molecular formula is C18H22F2N4O. The molecule has 0 bridgehead atoms. The van der Waals surface area contributed by atoms with Crippen molar-refractivity contribution in [2.24, 2.45) is 0 Å². The van der Waals surface area contributed by atoms with Crippen LogP contribution in [0.3, 0.4) is 0 Å². The van der Waals surface area contributed by atoms with E-state index < -0.39 is 11.6 Å². The van der Waals surface area contributed by atoms with Crippen molar-refractivity contribution in [2.45, 2.75) is 38.4 Å². The van der Waals surface area contributed by atoms with Gasteiger partial charge in [0.05, 0.1) is 6.33 Å². The lowest BCUT2D eigenvalue weighted by Crippen LogP contribution is -2.44. The number of hydrogen-bond acceptors (Lipinski definition) is 3. The number of carbonyl (C=O) groups is 1. The van der Waals surface area contributed by atoms with Crippen molar-refractivity contribution in [1.82, 2.24) is 19.8 Å². The number of amides is 1. The van der Waals surface area contributed by atoms with Crippen LogP contribution in [-0.2, 0) is 17.9 Å². The van der Waals surface area contributed by atoms with Gasteiger partial charge < -0.3 is 9.88 Å². The van der Waals surface area contributed by atoms with E-state index in [1.54, 1.807) is 18.6 Å². The van der Waals surface area contributed by atoms with Gasteiger partial charge in [0.1, 0.15) is 0 Å². The standard InChI is InChI=1S/C18H22F2N4O/c19-16-2-1-14(11-17(16)20)12-23-7-3-15(4-8-23)22-18(25)5-9-24-10-6-21-13-24/h1-2,6,10-11,13,15H,3-5,7-9,12H2,(H,22,25). The maximum absolute atomic E-state index is 13.3. The molecular weight excluding hydrogens is 326 g/mol. The Hall–Kier alpha value is -2.28. The largest absolute Gasteiger partial charge is 0.353 e. The molecule has 2 aromatic rings. The first-order chi connectivity index (χ1) is 12.1. The summed E-state index contributed by atoms with van der Waals surface area (Å²) in [6.45, 7) is 2.87. The Labute approximate surface area is 145 Å². The van der Waals surface area contributed by atoms with Crippen molar-refractivity contribution >= 4 is 5.91 Å². The van der Waals surface area contributed by atoms with Crippen molar-refractivity contribution in [3.05, 3.63) is 54.1 Å². The molecule has 5 nitrogen and oxygen atoms in total. The Balaban J connectivity index is 1.39. The number of nitrogens with one attached hydrogen (secondary N) is 1. The Morgan fingerprint density at radius 1 is 1.24 bits per heavy atom. The summed E-state index contributed by atoms with van der Waals surface area (Å²) < 4.78 is 28.1. The number of nitrogens with zero attached hydrogens (tertiary/aromatic N) is 3. The molecule has 1 N–H and O–H groups in total. The van der Waals surface area contributed by atoms with Gasteiger partial charge in [-0.25, -0.2) is 13.8 Å². The zero-order chi connectivity index (χ0) is 17.6. The van der Waals surface area contributed by atoms with Gasteiger partial charge in [-0.2, -0.15) is 0 Å². The third-order valence-electron chi connectivity index (χ3n) is 4.50. The van der Waals surface area contributed by atoms with E-state index in [-0.39, 0.29) is 11.9 Å². The van der Waals surface area contributed by atoms with E-state index in [2.05, 4.69) is 15.2 Å². The lowest BCUT2D eigenvalue weighted by atomic mass is 10.0. The molecule has 0 spiro atoms. The molecule has 0 unspecified atom stereocenters. The Bertz CT molecular complexity index is 697. The highest BCUT2D eigenvalue weighted by atomic mass is 19.2. The minimum Gasteiger partial charge on any atom is -0.353 e. The van der Waals surface area contributed by atoms with Crippen LogP contribution in [0, 0.1) is 11.6 Å². The molecule has 3 rings (SSSR count). The second-order valence-electron chi connectivity index (χ2n) is 6.42. The average molecular weight is 348 g/mol. The number of hydrogen-bond donors (Lipinski definition) is 1. The summed E-state index contributed by atoms with van der Waals surface area (Å²) in [5.74, 6) is -1.58. The number of piperidine rings is 1. The zero-order valence-corrected chi connectivity index (χ0v) is 14.0. The number of rotatable bonds is 6. The number of benzene rings is 1. The molecule has 1 amide bonds. The maximum Gasteiger partial charge on any atom is 0.222 e. The van der Waals surface area contributed by atoms with Crippen LogP contribution < -0.4 is 5.32 Å². The quantitative estimate of drug-likeness (QED) is 0.872. The van der Waals surface area contributed by atoms with Crippen LogP contribution in [-0.4, -0.2) is 39.5 Å². The fourth-order valence-electron chi connectivity index (χ4n) is 3.08. The summed E-state index contributed by atoms with van der Waals surface area (Å²) in [4.78, 5) is 18.2. The van der Waals surface area contributed by atoms with Crippen LogP contribution in [0.1, 0.15) is 24.8 Å². The van der Waals surface area contributed by atoms with Gasteiger partial charge in [0.15, 0.2) is 11.6 Å². The summed E-state index contributed by atoms with van der Waals surface area (Å²) in [5, 5.41) is 3.07. The summed E-state index contributed by atoms with van der Waals surface area (Å²) in [6, 6.07) is 4.20. The topological polar surface area (TPSA) is 50.2 Å². The predicted octanol–water partition coefficient (Wildman–Crippen LogP) is 2.33. The summed E-state index contributed by atoms with van der Waals surface area (Å²) in [6.07, 6.45) is 7.39. The molecule has 0 aliphatic carbocycles. The van der Waals surface area contributed by atoms with E-state index in [1.807, 2.05) is 10.8 Å². The Morgan fingerprint density at radius 3 is 2.72 bits per heavy atom. The molecule has 1 aliphatic rings. The van der Waals surface area contributed by atoms with Crippen LogP contribution in [0.2, 0.25) is 0 Å². The van der Waals surface area contributed by atoms with Crippen LogP contribution in [0.25, 0.3) is 0 Å². The maximum atomic E-state index is 13.3. The van der Waals surface area contributed by atoms with Gasteiger partial charge in [-0.15, -0.1) is 0 Å². The van der Waals surface area contributed by atoms with Gasteiger partial charge in [0, 0.05) is 51.0 Å². The Morgan fingerprint density at radius 2 is 2.04 bits per heavy atom. The lowest BCUT2D eigenvalue weighted by Gasteiger charge is -2.32. The van der Waals surface area contributed by atoms with E-state index in [1.165, 1.54) is 6.07 Å². The highest BCUT2D eigenvalue weighted by Gasteiger charge is 2.20. The molecule has 1 fully saturated rings. The summed E-state index contributed by atoms with van der Waals surface area (Å²) in [7, 11) is 0. The SMILES string of the molecule is O=C(CCn1ccnc1)NC1CCN(Cc2ccc(F)c(F)c2)CC1. The second-order valence-corrected chi connectivity index (χ2v) is 6.42. The van der Waals surface area contributed by atoms with Crippen LogP contribution >= 0.6 is 0 Å². The third kappa shape index (κ3) is 5.09. The molecule has 25 heavy (non-hydrogen) atoms. The highest BCUT2D eigenvalue weighted by Crippen LogP contribution is 2.16. The smallest absolute Gasteiger partial charge is 0.222 e. The first-order valence-corrected chi connectivity index (χ1v) is 8.51. The average Bonchev–Trinajstić information content (AvgIpc) is 3.12. The normalized spacial score (nSPS) is 16.1. The van der Waals surface area contributed by atoms with Gasteiger partial charge in [-0.3, -0.25) is 9.69 Å². The molecule has 134 valence electrons. The fourth-order valence-corrected chi connectivity index (χ4v) is 3.08. The van der Waals surface area contributed by atoms with Crippen molar-refractivity contribution in [3.8, 4) is 0 Å². The molecule has 7 heteroatoms. The zero-order valence-electron chi connectivity index (χ0n) is 14.0. The molecule has 1 aromatic heterocycles. The van der Waals surface area contributed by atoms with E-state index >= 15 is 0 Å². The van der Waals surface area contributed by atoms with Gasteiger partial charge in [-0.1, -0.05) is 6.07 Å². The van der Waals surface area contributed by atoms with Crippen molar-refractivity contribution in [2.75, 3.05) is 13.1 Å². The number of carbonyl (C=O) groups excluding carboxylic acids is 1. The molecule has 0 saturated carbocycles. The van der Waals surface area contributed by atoms with E-state index in [0.29, 0.717) is 19.5 Å². The number of imidazole rings is 1. The van der Waals surface area contributed by atoms with Gasteiger partial charge in [-0.05, 0) is 30.5 Å². The summed E-state index contributed by atoms with van der Waals surface area (Å²) >= 11 is 0. The number of aryl methyl sites for hydroxylation is 1. The van der Waals surface area contributed by atoms with Gasteiger partial charge in [0.2, 0.25) is 5.91 Å². The van der Waals surface area contributed by atoms with E-state index in [9.17, 15) is 13.6 Å². The lowest BCUT2D eigenvalue weighted by molar-refractivity contribution is -0.122. The predicted molar refractivity (Wildman–Crippen MR) is 89.6 cm³/mol. The second kappa shape index (κ2) is 8.20. The molecule has 1 aromatic carbocycles.